The van der Waals surface area contributed by atoms with Crippen molar-refractivity contribution in [1.29, 1.82) is 0 Å². The van der Waals surface area contributed by atoms with E-state index in [1.165, 1.54) is 29.3 Å². The largest absolute Gasteiger partial charge is 0.356 e. The molecule has 23 heavy (non-hydrogen) atoms. The summed E-state index contributed by atoms with van der Waals surface area (Å²) in [7, 11) is 3.76. The van der Waals surface area contributed by atoms with E-state index in [0.29, 0.717) is 23.8 Å². The smallest absolute Gasteiger partial charge is 0.270 e. The lowest BCUT2D eigenvalue weighted by atomic mass is 10.2. The van der Waals surface area contributed by atoms with Crippen LogP contribution in [0, 0.1) is 11.6 Å². The Morgan fingerprint density at radius 2 is 1.96 bits per heavy atom. The minimum Gasteiger partial charge on any atom is -0.356 e. The number of hydrogen-bond acceptors (Lipinski definition) is 2. The first-order valence-corrected chi connectivity index (χ1v) is 7.46. The van der Waals surface area contributed by atoms with Crippen molar-refractivity contribution < 1.29 is 13.6 Å². The first-order valence-electron chi connectivity index (χ1n) is 7.08. The third-order valence-corrected chi connectivity index (χ3v) is 3.58. The molecule has 0 radical (unpaired) electrons. The van der Waals surface area contributed by atoms with E-state index in [0.717, 1.165) is 6.07 Å². The fourth-order valence-corrected chi connectivity index (χ4v) is 2.25. The lowest BCUT2D eigenvalue weighted by Crippen LogP contribution is -2.36. The molecule has 2 aromatic rings. The lowest BCUT2D eigenvalue weighted by molar-refractivity contribution is 0.0725. The summed E-state index contributed by atoms with van der Waals surface area (Å²) < 4.78 is 26.9. The number of rotatable bonds is 6. The number of H-pyrrole nitrogens is 1. The molecular weight excluding hydrogens is 324 g/mol. The second-order valence-corrected chi connectivity index (χ2v) is 5.93. The van der Waals surface area contributed by atoms with Crippen molar-refractivity contribution >= 4 is 17.5 Å². The third-order valence-electron chi connectivity index (χ3n) is 3.36. The van der Waals surface area contributed by atoms with E-state index in [-0.39, 0.29) is 18.0 Å². The van der Waals surface area contributed by atoms with Gasteiger partial charge in [-0.3, -0.25) is 4.79 Å². The van der Waals surface area contributed by atoms with E-state index in [4.69, 9.17) is 11.6 Å². The van der Waals surface area contributed by atoms with Gasteiger partial charge in [0.05, 0.1) is 5.02 Å². The van der Waals surface area contributed by atoms with Crippen molar-refractivity contribution in [3.63, 3.8) is 0 Å². The van der Waals surface area contributed by atoms with Crippen LogP contribution < -0.4 is 0 Å². The number of aromatic amines is 1. The molecule has 0 saturated heterocycles. The molecule has 1 aromatic carbocycles. The van der Waals surface area contributed by atoms with E-state index >= 15 is 0 Å². The Hall–Kier alpha value is -1.92. The molecular formula is C16H18ClF2N3O. The van der Waals surface area contributed by atoms with Crippen LogP contribution in [0.5, 0.6) is 0 Å². The lowest BCUT2D eigenvalue weighted by Gasteiger charge is -2.24. The SMILES string of the molecule is CN(C)CCN(Cc1ccc(F)cc1F)C(=O)c1cc(Cl)c[nH]1. The second kappa shape index (κ2) is 7.57. The van der Waals surface area contributed by atoms with Crippen molar-refractivity contribution in [3.05, 3.63) is 58.4 Å². The van der Waals surface area contributed by atoms with Gasteiger partial charge in [-0.25, -0.2) is 8.78 Å². The Morgan fingerprint density at radius 1 is 1.22 bits per heavy atom. The summed E-state index contributed by atoms with van der Waals surface area (Å²) in [5.41, 5.74) is 0.590. The van der Waals surface area contributed by atoms with Gasteiger partial charge in [-0.15, -0.1) is 0 Å². The molecule has 1 heterocycles. The van der Waals surface area contributed by atoms with Crippen LogP contribution in [-0.4, -0.2) is 47.9 Å². The van der Waals surface area contributed by atoms with Crippen LogP contribution in [0.1, 0.15) is 16.1 Å². The Morgan fingerprint density at radius 3 is 2.52 bits per heavy atom. The molecule has 7 heteroatoms. The highest BCUT2D eigenvalue weighted by atomic mass is 35.5. The Bertz CT molecular complexity index is 688. The van der Waals surface area contributed by atoms with Crippen molar-refractivity contribution in [3.8, 4) is 0 Å². The van der Waals surface area contributed by atoms with Crippen molar-refractivity contribution in [2.45, 2.75) is 6.54 Å². The molecule has 0 fully saturated rings. The number of benzene rings is 1. The van der Waals surface area contributed by atoms with Crippen LogP contribution in [0.25, 0.3) is 0 Å². The monoisotopic (exact) mass is 341 g/mol. The number of nitrogens with one attached hydrogen (secondary N) is 1. The Kier molecular flexibility index (Phi) is 5.74. The summed E-state index contributed by atoms with van der Waals surface area (Å²) in [5.74, 6) is -1.60. The van der Waals surface area contributed by atoms with E-state index in [2.05, 4.69) is 4.98 Å². The van der Waals surface area contributed by atoms with Gasteiger partial charge in [0.1, 0.15) is 17.3 Å². The summed E-state index contributed by atoms with van der Waals surface area (Å²) in [5, 5.41) is 0.425. The topological polar surface area (TPSA) is 39.3 Å². The molecule has 1 amide bonds. The van der Waals surface area contributed by atoms with E-state index in [1.54, 1.807) is 0 Å². The zero-order valence-corrected chi connectivity index (χ0v) is 13.7. The van der Waals surface area contributed by atoms with Gasteiger partial charge in [-0.05, 0) is 26.2 Å². The van der Waals surface area contributed by atoms with Crippen LogP contribution in [0.2, 0.25) is 5.02 Å². The number of carbonyl (C=O) groups excluding carboxylic acids is 1. The van der Waals surface area contributed by atoms with Gasteiger partial charge < -0.3 is 14.8 Å². The molecule has 0 aliphatic rings. The first kappa shape index (κ1) is 17.4. The number of likely N-dealkylation sites (N-methyl/N-ethyl adjacent to an activating group) is 1. The highest BCUT2D eigenvalue weighted by molar-refractivity contribution is 6.30. The quantitative estimate of drug-likeness (QED) is 0.876. The first-order chi connectivity index (χ1) is 10.9. The molecule has 0 spiro atoms. The number of hydrogen-bond donors (Lipinski definition) is 1. The fourth-order valence-electron chi connectivity index (χ4n) is 2.09. The summed E-state index contributed by atoms with van der Waals surface area (Å²) in [6.45, 7) is 1.07. The maximum Gasteiger partial charge on any atom is 0.270 e. The normalized spacial score (nSPS) is 11.0. The number of halogens is 3. The maximum absolute atomic E-state index is 13.9. The summed E-state index contributed by atoms with van der Waals surface area (Å²) in [6.07, 6.45) is 1.51. The minimum atomic E-state index is -0.669. The molecule has 0 bridgehead atoms. The van der Waals surface area contributed by atoms with Crippen molar-refractivity contribution in [2.24, 2.45) is 0 Å². The van der Waals surface area contributed by atoms with Gasteiger partial charge in [-0.2, -0.15) is 0 Å². The molecule has 0 atom stereocenters. The van der Waals surface area contributed by atoms with Crippen molar-refractivity contribution in [1.82, 2.24) is 14.8 Å². The number of aromatic nitrogens is 1. The standard InChI is InChI=1S/C16H18ClF2N3O/c1-21(2)5-6-22(16(23)15-7-12(17)9-20-15)10-11-3-4-13(18)8-14(11)19/h3-4,7-9,20H,5-6,10H2,1-2H3. The van der Waals surface area contributed by atoms with Gasteiger partial charge in [0, 0.05) is 37.5 Å². The molecule has 1 N–H and O–H groups in total. The van der Waals surface area contributed by atoms with Crippen LogP contribution in [-0.2, 0) is 6.54 Å². The molecule has 0 unspecified atom stereocenters. The highest BCUT2D eigenvalue weighted by Crippen LogP contribution is 2.16. The van der Waals surface area contributed by atoms with Gasteiger partial charge in [0.25, 0.3) is 5.91 Å². The van der Waals surface area contributed by atoms with E-state index in [9.17, 15) is 13.6 Å². The van der Waals surface area contributed by atoms with Crippen LogP contribution in [0.4, 0.5) is 8.78 Å². The minimum absolute atomic E-state index is 0.0510. The summed E-state index contributed by atoms with van der Waals surface area (Å²) in [6, 6.07) is 4.86. The number of carbonyl (C=O) groups is 1. The molecule has 2 rings (SSSR count). The Balaban J connectivity index is 2.21. The van der Waals surface area contributed by atoms with E-state index in [1.807, 2.05) is 19.0 Å². The van der Waals surface area contributed by atoms with Crippen LogP contribution in [0.3, 0.4) is 0 Å². The highest BCUT2D eigenvalue weighted by Gasteiger charge is 2.19. The Labute approximate surface area is 138 Å². The predicted molar refractivity (Wildman–Crippen MR) is 85.5 cm³/mol. The number of amides is 1. The zero-order valence-electron chi connectivity index (χ0n) is 12.9. The molecule has 1 aromatic heterocycles. The maximum atomic E-state index is 13.9. The molecule has 124 valence electrons. The zero-order chi connectivity index (χ0) is 17.0. The molecule has 0 aliphatic carbocycles. The average Bonchev–Trinajstić information content (AvgIpc) is 2.91. The molecule has 0 aliphatic heterocycles. The van der Waals surface area contributed by atoms with Crippen LogP contribution >= 0.6 is 11.6 Å². The predicted octanol–water partition coefficient (Wildman–Crippen LogP) is 3.15. The van der Waals surface area contributed by atoms with Crippen LogP contribution in [0.15, 0.2) is 30.5 Å². The van der Waals surface area contributed by atoms with Gasteiger partial charge >= 0.3 is 0 Å². The van der Waals surface area contributed by atoms with Gasteiger partial charge in [0.2, 0.25) is 0 Å². The fraction of sp³-hybridized carbons (Fsp3) is 0.312. The van der Waals surface area contributed by atoms with Crippen molar-refractivity contribution in [2.75, 3.05) is 27.2 Å². The molecule has 0 saturated carbocycles. The van der Waals surface area contributed by atoms with Gasteiger partial charge in [0.15, 0.2) is 0 Å². The summed E-state index contributed by atoms with van der Waals surface area (Å²) >= 11 is 5.83. The average molecular weight is 342 g/mol. The molecule has 4 nitrogen and oxygen atoms in total. The number of nitrogens with zero attached hydrogens (tertiary/aromatic N) is 2. The third kappa shape index (κ3) is 4.77. The second-order valence-electron chi connectivity index (χ2n) is 5.50. The van der Waals surface area contributed by atoms with Gasteiger partial charge in [-0.1, -0.05) is 17.7 Å². The van der Waals surface area contributed by atoms with E-state index < -0.39 is 11.6 Å². The summed E-state index contributed by atoms with van der Waals surface area (Å²) in [4.78, 5) is 18.8.